The van der Waals surface area contributed by atoms with Crippen molar-refractivity contribution in [2.75, 3.05) is 13.7 Å². The highest BCUT2D eigenvalue weighted by molar-refractivity contribution is 5.85. The van der Waals surface area contributed by atoms with E-state index < -0.39 is 22.9 Å². The van der Waals surface area contributed by atoms with Crippen LogP contribution in [0.15, 0.2) is 82.0 Å². The molecule has 0 atom stereocenters. The number of rotatable bonds is 6. The average molecular weight is 440 g/mol. The third kappa shape index (κ3) is 4.32. The van der Waals surface area contributed by atoms with Crippen molar-refractivity contribution in [1.29, 1.82) is 0 Å². The molecule has 0 aliphatic carbocycles. The maximum absolute atomic E-state index is 13.9. The first-order valence-electron chi connectivity index (χ1n) is 9.86. The number of halogens is 3. The Kier molecular flexibility index (Phi) is 5.90. The highest BCUT2D eigenvalue weighted by Gasteiger charge is 2.40. The van der Waals surface area contributed by atoms with Gasteiger partial charge in [0.25, 0.3) is 0 Å². The van der Waals surface area contributed by atoms with Crippen molar-refractivity contribution in [3.63, 3.8) is 0 Å². The van der Waals surface area contributed by atoms with Gasteiger partial charge in [-0.2, -0.15) is 13.2 Å². The van der Waals surface area contributed by atoms with Crippen LogP contribution in [0.4, 0.5) is 13.2 Å². The summed E-state index contributed by atoms with van der Waals surface area (Å²) < 4.78 is 57.7. The summed E-state index contributed by atoms with van der Waals surface area (Å²) in [7, 11) is 1.33. The van der Waals surface area contributed by atoms with E-state index in [0.717, 1.165) is 5.56 Å². The van der Waals surface area contributed by atoms with Crippen LogP contribution in [0.3, 0.4) is 0 Å². The minimum Gasteiger partial charge on any atom is -0.496 e. The van der Waals surface area contributed by atoms with Crippen LogP contribution in [0, 0.1) is 0 Å². The maximum atomic E-state index is 13.9. The Morgan fingerprint density at radius 2 is 1.66 bits per heavy atom. The van der Waals surface area contributed by atoms with E-state index in [9.17, 15) is 18.0 Å². The van der Waals surface area contributed by atoms with E-state index in [0.29, 0.717) is 18.8 Å². The van der Waals surface area contributed by atoms with Crippen LogP contribution < -0.4 is 14.9 Å². The zero-order valence-corrected chi connectivity index (χ0v) is 17.1. The zero-order valence-electron chi connectivity index (χ0n) is 17.1. The van der Waals surface area contributed by atoms with E-state index in [4.69, 9.17) is 13.9 Å². The standard InChI is InChI=1S/C25H19F3O4/c1-30-20-10-6-5-9-18(20)22-23(29)19-12-11-17(15-21(19)32-24(22)25(26,27)28)31-14-13-16-7-3-2-4-8-16/h2-12,15H,13-14H2,1H3. The van der Waals surface area contributed by atoms with Crippen molar-refractivity contribution in [3.05, 3.63) is 94.3 Å². The number of hydrogen-bond acceptors (Lipinski definition) is 4. The molecule has 0 fully saturated rings. The van der Waals surface area contributed by atoms with Gasteiger partial charge in [0, 0.05) is 18.1 Å². The summed E-state index contributed by atoms with van der Waals surface area (Å²) in [6.45, 7) is 0.325. The molecule has 32 heavy (non-hydrogen) atoms. The summed E-state index contributed by atoms with van der Waals surface area (Å²) in [6.07, 6.45) is -4.25. The molecule has 7 heteroatoms. The molecule has 0 amide bonds. The van der Waals surface area contributed by atoms with Crippen LogP contribution in [-0.4, -0.2) is 13.7 Å². The number of para-hydroxylation sites is 1. The molecule has 0 radical (unpaired) electrons. The smallest absolute Gasteiger partial charge is 0.450 e. The predicted octanol–water partition coefficient (Wildman–Crippen LogP) is 6.11. The first-order valence-corrected chi connectivity index (χ1v) is 9.86. The van der Waals surface area contributed by atoms with Gasteiger partial charge in [0.05, 0.1) is 24.7 Å². The molecule has 0 aliphatic heterocycles. The van der Waals surface area contributed by atoms with Gasteiger partial charge in [-0.1, -0.05) is 48.5 Å². The summed E-state index contributed by atoms with van der Waals surface area (Å²) in [5.41, 5.74) is -0.487. The Hall–Kier alpha value is -3.74. The minimum atomic E-state index is -4.88. The quantitative estimate of drug-likeness (QED) is 0.363. The van der Waals surface area contributed by atoms with Crippen LogP contribution in [0.2, 0.25) is 0 Å². The minimum absolute atomic E-state index is 0.0150. The molecule has 4 aromatic rings. The molecule has 4 nitrogen and oxygen atoms in total. The molecule has 0 spiro atoms. The van der Waals surface area contributed by atoms with Crippen molar-refractivity contribution in [2.24, 2.45) is 0 Å². The van der Waals surface area contributed by atoms with Gasteiger partial charge in [-0.3, -0.25) is 4.79 Å². The zero-order chi connectivity index (χ0) is 22.7. The molecule has 1 aromatic heterocycles. The van der Waals surface area contributed by atoms with Crippen LogP contribution >= 0.6 is 0 Å². The molecule has 0 bridgehead atoms. The summed E-state index contributed by atoms with van der Waals surface area (Å²) >= 11 is 0. The number of methoxy groups -OCH3 is 1. The van der Waals surface area contributed by atoms with Gasteiger partial charge in [-0.05, 0) is 23.8 Å². The van der Waals surface area contributed by atoms with Gasteiger partial charge in [-0.25, -0.2) is 0 Å². The highest BCUT2D eigenvalue weighted by atomic mass is 19.4. The van der Waals surface area contributed by atoms with Crippen molar-refractivity contribution < 1.29 is 27.1 Å². The fourth-order valence-electron chi connectivity index (χ4n) is 3.49. The van der Waals surface area contributed by atoms with Gasteiger partial charge >= 0.3 is 6.18 Å². The lowest BCUT2D eigenvalue weighted by Crippen LogP contribution is -2.16. The summed E-state index contributed by atoms with van der Waals surface area (Å²) in [5.74, 6) is -0.916. The molecule has 4 rings (SSSR count). The Labute approximate surface area is 181 Å². The normalized spacial score (nSPS) is 11.5. The van der Waals surface area contributed by atoms with E-state index in [1.165, 1.54) is 37.4 Å². The van der Waals surface area contributed by atoms with Crippen molar-refractivity contribution in [2.45, 2.75) is 12.6 Å². The lowest BCUT2D eigenvalue weighted by molar-refractivity contribution is -0.152. The molecular weight excluding hydrogens is 421 g/mol. The monoisotopic (exact) mass is 440 g/mol. The van der Waals surface area contributed by atoms with Gasteiger partial charge in [0.15, 0.2) is 0 Å². The second-order valence-electron chi connectivity index (χ2n) is 7.08. The molecule has 0 unspecified atom stereocenters. The van der Waals surface area contributed by atoms with Gasteiger partial charge in [0.2, 0.25) is 11.2 Å². The first kappa shape index (κ1) is 21.5. The van der Waals surface area contributed by atoms with E-state index >= 15 is 0 Å². The van der Waals surface area contributed by atoms with Crippen molar-refractivity contribution >= 4 is 11.0 Å². The number of ether oxygens (including phenoxy) is 2. The second kappa shape index (κ2) is 8.78. The van der Waals surface area contributed by atoms with E-state index in [-0.39, 0.29) is 22.3 Å². The molecule has 3 aromatic carbocycles. The number of fused-ring (bicyclic) bond motifs is 1. The number of alkyl halides is 3. The lowest BCUT2D eigenvalue weighted by Gasteiger charge is -2.15. The summed E-state index contributed by atoms with van der Waals surface area (Å²) in [5, 5.41) is 0.0225. The van der Waals surface area contributed by atoms with Gasteiger partial charge in [0.1, 0.15) is 17.1 Å². The third-order valence-corrected chi connectivity index (χ3v) is 5.00. The maximum Gasteiger partial charge on any atom is 0.450 e. The lowest BCUT2D eigenvalue weighted by atomic mass is 10.0. The largest absolute Gasteiger partial charge is 0.496 e. The predicted molar refractivity (Wildman–Crippen MR) is 115 cm³/mol. The topological polar surface area (TPSA) is 48.7 Å². The Bertz CT molecular complexity index is 1290. The molecule has 0 saturated heterocycles. The highest BCUT2D eigenvalue weighted by Crippen LogP contribution is 2.40. The Morgan fingerprint density at radius 3 is 2.38 bits per heavy atom. The van der Waals surface area contributed by atoms with Crippen LogP contribution in [0.5, 0.6) is 11.5 Å². The molecule has 0 aliphatic rings. The van der Waals surface area contributed by atoms with Crippen LogP contribution in [0.1, 0.15) is 11.3 Å². The van der Waals surface area contributed by atoms with Crippen molar-refractivity contribution in [1.82, 2.24) is 0 Å². The van der Waals surface area contributed by atoms with Gasteiger partial charge in [-0.15, -0.1) is 0 Å². The van der Waals surface area contributed by atoms with Crippen molar-refractivity contribution in [3.8, 4) is 22.6 Å². The first-order chi connectivity index (χ1) is 15.4. The fourth-order valence-corrected chi connectivity index (χ4v) is 3.49. The van der Waals surface area contributed by atoms with Crippen LogP contribution in [-0.2, 0) is 12.6 Å². The molecule has 0 saturated carbocycles. The molecule has 1 heterocycles. The van der Waals surface area contributed by atoms with E-state index in [1.807, 2.05) is 30.3 Å². The molecular formula is C25H19F3O4. The molecule has 164 valence electrons. The summed E-state index contributed by atoms with van der Waals surface area (Å²) in [4.78, 5) is 13.1. The summed E-state index contributed by atoms with van der Waals surface area (Å²) in [6, 6.07) is 19.9. The van der Waals surface area contributed by atoms with Crippen LogP contribution in [0.25, 0.3) is 22.1 Å². The Balaban J connectivity index is 1.75. The fraction of sp³-hybridized carbons (Fsp3) is 0.160. The number of hydrogen-bond donors (Lipinski definition) is 0. The third-order valence-electron chi connectivity index (χ3n) is 5.00. The Morgan fingerprint density at radius 1 is 0.938 bits per heavy atom. The van der Waals surface area contributed by atoms with E-state index in [2.05, 4.69) is 0 Å². The second-order valence-corrected chi connectivity index (χ2v) is 7.08. The average Bonchev–Trinajstić information content (AvgIpc) is 2.79. The van der Waals surface area contributed by atoms with Gasteiger partial charge < -0.3 is 13.9 Å². The molecule has 0 N–H and O–H groups in total. The number of benzene rings is 3. The van der Waals surface area contributed by atoms with E-state index in [1.54, 1.807) is 12.1 Å². The SMILES string of the molecule is COc1ccccc1-c1c(C(F)(F)F)oc2cc(OCCc3ccccc3)ccc2c1=O.